The van der Waals surface area contributed by atoms with Gasteiger partial charge in [0.1, 0.15) is 0 Å². The van der Waals surface area contributed by atoms with E-state index in [4.69, 9.17) is 23.7 Å². The highest BCUT2D eigenvalue weighted by Crippen LogP contribution is 2.36. The quantitative estimate of drug-likeness (QED) is 0.228. The molecule has 0 radical (unpaired) electrons. The SMILES string of the molecule is CCCCC(CC)C(Cc1ccc2c(c1)OCO2)OC(Cc1ccc2c(c1)OCO2)C(CC)CCCC. The molecule has 0 fully saturated rings. The number of ether oxygens (including phenoxy) is 5. The molecule has 2 aromatic carbocycles. The first-order valence-electron chi connectivity index (χ1n) is 14.6. The van der Waals surface area contributed by atoms with E-state index in [9.17, 15) is 0 Å². The van der Waals surface area contributed by atoms with Gasteiger partial charge >= 0.3 is 0 Å². The Morgan fingerprint density at radius 2 is 1.05 bits per heavy atom. The number of rotatable bonds is 16. The zero-order valence-electron chi connectivity index (χ0n) is 23.3. The lowest BCUT2D eigenvalue weighted by atomic mass is 9.86. The Morgan fingerprint density at radius 3 is 1.46 bits per heavy atom. The monoisotopic (exact) mass is 510 g/mol. The van der Waals surface area contributed by atoms with Crippen LogP contribution in [-0.2, 0) is 17.6 Å². The smallest absolute Gasteiger partial charge is 0.231 e. The lowest BCUT2D eigenvalue weighted by molar-refractivity contribution is -0.0731. The average molecular weight is 511 g/mol. The van der Waals surface area contributed by atoms with Gasteiger partial charge in [-0.2, -0.15) is 0 Å². The van der Waals surface area contributed by atoms with Gasteiger partial charge < -0.3 is 23.7 Å². The molecule has 4 unspecified atom stereocenters. The summed E-state index contributed by atoms with van der Waals surface area (Å²) in [5.41, 5.74) is 2.51. The summed E-state index contributed by atoms with van der Waals surface area (Å²) in [5.74, 6) is 4.42. The normalized spacial score (nSPS) is 17.0. The van der Waals surface area contributed by atoms with Crippen LogP contribution in [0, 0.1) is 11.8 Å². The van der Waals surface area contributed by atoms with Gasteiger partial charge in [0.15, 0.2) is 23.0 Å². The van der Waals surface area contributed by atoms with Crippen molar-refractivity contribution in [3.63, 3.8) is 0 Å². The minimum absolute atomic E-state index is 0.159. The molecule has 204 valence electrons. The van der Waals surface area contributed by atoms with Gasteiger partial charge in [0.2, 0.25) is 13.6 Å². The topological polar surface area (TPSA) is 46.2 Å². The van der Waals surface area contributed by atoms with E-state index in [0.717, 1.165) is 48.7 Å². The van der Waals surface area contributed by atoms with Crippen molar-refractivity contribution in [3.8, 4) is 23.0 Å². The lowest BCUT2D eigenvalue weighted by Crippen LogP contribution is -2.36. The summed E-state index contributed by atoms with van der Waals surface area (Å²) < 4.78 is 29.7. The number of hydrogen-bond acceptors (Lipinski definition) is 5. The lowest BCUT2D eigenvalue weighted by Gasteiger charge is -2.35. The van der Waals surface area contributed by atoms with E-state index in [2.05, 4.69) is 52.0 Å². The summed E-state index contributed by atoms with van der Waals surface area (Å²) in [4.78, 5) is 0. The Morgan fingerprint density at radius 1 is 0.622 bits per heavy atom. The van der Waals surface area contributed by atoms with E-state index >= 15 is 0 Å². The third kappa shape index (κ3) is 7.34. The fraction of sp³-hybridized carbons (Fsp3) is 0.625. The Bertz CT molecular complexity index is 896. The molecule has 37 heavy (non-hydrogen) atoms. The Hall–Kier alpha value is -2.40. The summed E-state index contributed by atoms with van der Waals surface area (Å²) in [7, 11) is 0. The van der Waals surface area contributed by atoms with Crippen molar-refractivity contribution in [2.45, 2.75) is 104 Å². The van der Waals surface area contributed by atoms with Crippen LogP contribution in [0.15, 0.2) is 36.4 Å². The number of fused-ring (bicyclic) bond motifs is 2. The van der Waals surface area contributed by atoms with Crippen molar-refractivity contribution in [1.29, 1.82) is 0 Å². The molecule has 2 heterocycles. The largest absolute Gasteiger partial charge is 0.454 e. The van der Waals surface area contributed by atoms with Crippen LogP contribution in [0.4, 0.5) is 0 Å². The average Bonchev–Trinajstić information content (AvgIpc) is 3.58. The Labute approximate surface area is 223 Å². The second-order valence-corrected chi connectivity index (χ2v) is 10.6. The van der Waals surface area contributed by atoms with Gasteiger partial charge in [-0.3, -0.25) is 0 Å². The number of benzene rings is 2. The molecule has 4 atom stereocenters. The molecule has 5 heteroatoms. The predicted octanol–water partition coefficient (Wildman–Crippen LogP) is 8.12. The van der Waals surface area contributed by atoms with Gasteiger partial charge in [0.05, 0.1) is 12.2 Å². The van der Waals surface area contributed by atoms with E-state index in [1.165, 1.54) is 49.7 Å². The Kier molecular flexibility index (Phi) is 10.4. The minimum Gasteiger partial charge on any atom is -0.454 e. The molecule has 4 rings (SSSR count). The minimum atomic E-state index is 0.159. The number of hydrogen-bond donors (Lipinski definition) is 0. The highest BCUT2D eigenvalue weighted by atomic mass is 16.7. The molecule has 0 spiro atoms. The summed E-state index contributed by atoms with van der Waals surface area (Å²) in [5, 5.41) is 0. The van der Waals surface area contributed by atoms with Crippen molar-refractivity contribution in [3.05, 3.63) is 47.5 Å². The van der Waals surface area contributed by atoms with E-state index in [-0.39, 0.29) is 12.2 Å². The zero-order chi connectivity index (χ0) is 26.0. The molecule has 0 bridgehead atoms. The van der Waals surface area contributed by atoms with Gasteiger partial charge in [-0.05, 0) is 72.9 Å². The van der Waals surface area contributed by atoms with Crippen LogP contribution in [0.1, 0.15) is 90.2 Å². The summed E-state index contributed by atoms with van der Waals surface area (Å²) in [6, 6.07) is 12.7. The highest BCUT2D eigenvalue weighted by Gasteiger charge is 2.30. The van der Waals surface area contributed by atoms with Gasteiger partial charge in [-0.25, -0.2) is 0 Å². The van der Waals surface area contributed by atoms with Crippen LogP contribution in [-0.4, -0.2) is 25.8 Å². The molecule has 0 N–H and O–H groups in total. The maximum atomic E-state index is 7.25. The predicted molar refractivity (Wildman–Crippen MR) is 148 cm³/mol. The van der Waals surface area contributed by atoms with E-state index < -0.39 is 0 Å². The van der Waals surface area contributed by atoms with Crippen LogP contribution in [0.5, 0.6) is 23.0 Å². The summed E-state index contributed by atoms with van der Waals surface area (Å²) in [6.45, 7) is 9.80. The Balaban J connectivity index is 1.58. The molecule has 2 aliphatic rings. The van der Waals surface area contributed by atoms with E-state index in [1.807, 2.05) is 12.1 Å². The maximum absolute atomic E-state index is 7.25. The maximum Gasteiger partial charge on any atom is 0.231 e. The molecule has 5 nitrogen and oxygen atoms in total. The second-order valence-electron chi connectivity index (χ2n) is 10.6. The van der Waals surface area contributed by atoms with Gasteiger partial charge in [0.25, 0.3) is 0 Å². The van der Waals surface area contributed by atoms with Gasteiger partial charge in [-0.1, -0.05) is 78.4 Å². The van der Waals surface area contributed by atoms with E-state index in [1.54, 1.807) is 0 Å². The van der Waals surface area contributed by atoms with Crippen LogP contribution in [0.25, 0.3) is 0 Å². The standard InChI is InChI=1S/C32H46O5/c1-5-9-11-25(7-3)29(17-23-13-15-27-31(19-23)35-21-33-27)37-30(26(8-4)12-10-6-2)18-24-14-16-28-32(20-24)36-22-34-28/h13-16,19-20,25-26,29-30H,5-12,17-18,21-22H2,1-4H3. The van der Waals surface area contributed by atoms with Crippen molar-refractivity contribution < 1.29 is 23.7 Å². The van der Waals surface area contributed by atoms with Crippen LogP contribution in [0.2, 0.25) is 0 Å². The molecule has 0 aliphatic carbocycles. The first kappa shape index (κ1) is 27.6. The van der Waals surface area contributed by atoms with Crippen molar-refractivity contribution in [2.75, 3.05) is 13.6 Å². The van der Waals surface area contributed by atoms with Crippen molar-refractivity contribution in [1.82, 2.24) is 0 Å². The van der Waals surface area contributed by atoms with Gasteiger partial charge in [0, 0.05) is 0 Å². The summed E-state index contributed by atoms with van der Waals surface area (Å²) >= 11 is 0. The van der Waals surface area contributed by atoms with Gasteiger partial charge in [-0.15, -0.1) is 0 Å². The van der Waals surface area contributed by atoms with Crippen LogP contribution < -0.4 is 18.9 Å². The van der Waals surface area contributed by atoms with E-state index in [0.29, 0.717) is 25.4 Å². The fourth-order valence-electron chi connectivity index (χ4n) is 5.72. The molecule has 0 amide bonds. The molecule has 2 aromatic rings. The molecular weight excluding hydrogens is 464 g/mol. The molecule has 0 aromatic heterocycles. The molecule has 2 aliphatic heterocycles. The van der Waals surface area contributed by atoms with Crippen molar-refractivity contribution in [2.24, 2.45) is 11.8 Å². The molecular formula is C32H46O5. The second kappa shape index (κ2) is 13.9. The third-order valence-corrected chi connectivity index (χ3v) is 8.05. The number of unbranched alkanes of at least 4 members (excludes halogenated alkanes) is 2. The first-order valence-corrected chi connectivity index (χ1v) is 14.6. The van der Waals surface area contributed by atoms with Crippen LogP contribution in [0.3, 0.4) is 0 Å². The first-order chi connectivity index (χ1) is 18.1. The zero-order valence-corrected chi connectivity index (χ0v) is 23.3. The van der Waals surface area contributed by atoms with Crippen LogP contribution >= 0.6 is 0 Å². The molecule has 0 saturated heterocycles. The van der Waals surface area contributed by atoms with Crippen molar-refractivity contribution >= 4 is 0 Å². The fourth-order valence-corrected chi connectivity index (χ4v) is 5.72. The summed E-state index contributed by atoms with van der Waals surface area (Å²) in [6.07, 6.45) is 11.6. The third-order valence-electron chi connectivity index (χ3n) is 8.05. The highest BCUT2D eigenvalue weighted by molar-refractivity contribution is 5.45. The molecule has 0 saturated carbocycles.